The lowest BCUT2D eigenvalue weighted by Crippen LogP contribution is -2.23. The smallest absolute Gasteiger partial charge is 0.0165 e. The summed E-state index contributed by atoms with van der Waals surface area (Å²) in [5.74, 6) is 0. The predicted molar refractivity (Wildman–Crippen MR) is 90.7 cm³/mol. The van der Waals surface area contributed by atoms with Gasteiger partial charge in [0.15, 0.2) is 0 Å². The summed E-state index contributed by atoms with van der Waals surface area (Å²) in [6.07, 6.45) is 2.17. The molecule has 0 bridgehead atoms. The third-order valence-corrected chi connectivity index (χ3v) is 4.50. The minimum atomic E-state index is 0.530. The van der Waals surface area contributed by atoms with Crippen LogP contribution in [0.15, 0.2) is 66.7 Å². The van der Waals surface area contributed by atoms with Crippen molar-refractivity contribution < 1.29 is 0 Å². The van der Waals surface area contributed by atoms with E-state index in [1.807, 2.05) is 0 Å². The molecule has 3 aromatic rings. The molecule has 1 aliphatic heterocycles. The molecule has 1 heterocycles. The van der Waals surface area contributed by atoms with Crippen LogP contribution in [0.25, 0.3) is 21.5 Å². The van der Waals surface area contributed by atoms with Gasteiger partial charge in [-0.1, -0.05) is 66.7 Å². The van der Waals surface area contributed by atoms with Crippen molar-refractivity contribution in [1.82, 2.24) is 5.32 Å². The Balaban J connectivity index is 1.88. The highest BCUT2D eigenvalue weighted by Crippen LogP contribution is 2.30. The Morgan fingerprint density at radius 3 is 2.43 bits per heavy atom. The lowest BCUT2D eigenvalue weighted by molar-refractivity contribution is 0.608. The standard InChI is InChI=1S/C20H19N/c1-14-10-17(21-13-14)12-16-11-15-6-2-3-7-18(15)20-9-5-4-8-19(16)20/h2-9,11,17,21H,1,10,12-13H2. The van der Waals surface area contributed by atoms with Crippen molar-refractivity contribution in [2.24, 2.45) is 0 Å². The van der Waals surface area contributed by atoms with Crippen LogP contribution in [0.2, 0.25) is 0 Å². The third-order valence-electron chi connectivity index (χ3n) is 4.50. The zero-order chi connectivity index (χ0) is 14.2. The molecule has 3 aromatic carbocycles. The van der Waals surface area contributed by atoms with E-state index in [0.29, 0.717) is 6.04 Å². The van der Waals surface area contributed by atoms with Crippen molar-refractivity contribution in [3.63, 3.8) is 0 Å². The number of fused-ring (bicyclic) bond motifs is 3. The van der Waals surface area contributed by atoms with Gasteiger partial charge in [0, 0.05) is 12.6 Å². The maximum absolute atomic E-state index is 4.10. The molecular formula is C20H19N. The molecule has 0 spiro atoms. The van der Waals surface area contributed by atoms with Gasteiger partial charge < -0.3 is 5.32 Å². The van der Waals surface area contributed by atoms with Gasteiger partial charge in [-0.3, -0.25) is 0 Å². The molecule has 1 atom stereocenters. The maximum atomic E-state index is 4.10. The van der Waals surface area contributed by atoms with Gasteiger partial charge >= 0.3 is 0 Å². The fourth-order valence-corrected chi connectivity index (χ4v) is 3.49. The largest absolute Gasteiger partial charge is 0.310 e. The van der Waals surface area contributed by atoms with E-state index in [1.165, 1.54) is 32.7 Å². The van der Waals surface area contributed by atoms with Crippen LogP contribution in [0.3, 0.4) is 0 Å². The Bertz CT molecular complexity index is 831. The molecule has 1 N–H and O–H groups in total. The molecular weight excluding hydrogens is 254 g/mol. The lowest BCUT2D eigenvalue weighted by atomic mass is 9.93. The fourth-order valence-electron chi connectivity index (χ4n) is 3.49. The summed E-state index contributed by atoms with van der Waals surface area (Å²) in [5, 5.41) is 9.00. The van der Waals surface area contributed by atoms with Crippen LogP contribution in [0.1, 0.15) is 12.0 Å². The summed E-state index contributed by atoms with van der Waals surface area (Å²) in [5.41, 5.74) is 2.77. The molecule has 4 rings (SSSR count). The summed E-state index contributed by atoms with van der Waals surface area (Å²) in [4.78, 5) is 0. The number of hydrogen-bond acceptors (Lipinski definition) is 1. The summed E-state index contributed by atoms with van der Waals surface area (Å²) < 4.78 is 0. The average Bonchev–Trinajstić information content (AvgIpc) is 2.93. The van der Waals surface area contributed by atoms with Gasteiger partial charge in [0.1, 0.15) is 0 Å². The fraction of sp³-hybridized carbons (Fsp3) is 0.200. The van der Waals surface area contributed by atoms with Crippen molar-refractivity contribution in [2.45, 2.75) is 18.9 Å². The van der Waals surface area contributed by atoms with E-state index in [2.05, 4.69) is 66.5 Å². The van der Waals surface area contributed by atoms with Gasteiger partial charge in [-0.05, 0) is 39.9 Å². The number of benzene rings is 3. The second kappa shape index (κ2) is 5.01. The van der Waals surface area contributed by atoms with Crippen LogP contribution in [0.5, 0.6) is 0 Å². The minimum absolute atomic E-state index is 0.530. The quantitative estimate of drug-likeness (QED) is 0.537. The van der Waals surface area contributed by atoms with Gasteiger partial charge in [0.05, 0.1) is 0 Å². The van der Waals surface area contributed by atoms with Crippen LogP contribution in [0, 0.1) is 0 Å². The summed E-state index contributed by atoms with van der Waals surface area (Å²) in [6.45, 7) is 5.06. The molecule has 104 valence electrons. The topological polar surface area (TPSA) is 12.0 Å². The maximum Gasteiger partial charge on any atom is 0.0165 e. The summed E-state index contributed by atoms with van der Waals surface area (Å²) >= 11 is 0. The zero-order valence-corrected chi connectivity index (χ0v) is 12.1. The molecule has 1 fully saturated rings. The Hall–Kier alpha value is -2.12. The zero-order valence-electron chi connectivity index (χ0n) is 12.1. The van der Waals surface area contributed by atoms with Gasteiger partial charge in [-0.2, -0.15) is 0 Å². The SMILES string of the molecule is C=C1CNC(Cc2cc3ccccc3c3ccccc23)C1. The first kappa shape index (κ1) is 12.6. The highest BCUT2D eigenvalue weighted by Gasteiger charge is 2.18. The van der Waals surface area contributed by atoms with Crippen LogP contribution in [0.4, 0.5) is 0 Å². The average molecular weight is 273 g/mol. The molecule has 21 heavy (non-hydrogen) atoms. The van der Waals surface area contributed by atoms with Gasteiger partial charge in [-0.15, -0.1) is 0 Å². The van der Waals surface area contributed by atoms with E-state index in [1.54, 1.807) is 0 Å². The Labute approximate surface area is 125 Å². The Morgan fingerprint density at radius 2 is 1.67 bits per heavy atom. The van der Waals surface area contributed by atoms with Crippen molar-refractivity contribution in [1.29, 1.82) is 0 Å². The van der Waals surface area contributed by atoms with E-state index in [-0.39, 0.29) is 0 Å². The monoisotopic (exact) mass is 273 g/mol. The van der Waals surface area contributed by atoms with Crippen LogP contribution in [-0.4, -0.2) is 12.6 Å². The number of rotatable bonds is 2. The highest BCUT2D eigenvalue weighted by atomic mass is 14.9. The van der Waals surface area contributed by atoms with Crippen molar-refractivity contribution >= 4 is 21.5 Å². The molecule has 0 saturated carbocycles. The van der Waals surface area contributed by atoms with Crippen molar-refractivity contribution in [3.8, 4) is 0 Å². The van der Waals surface area contributed by atoms with E-state index in [0.717, 1.165) is 19.4 Å². The molecule has 1 nitrogen and oxygen atoms in total. The summed E-state index contributed by atoms with van der Waals surface area (Å²) in [7, 11) is 0. The highest BCUT2D eigenvalue weighted by molar-refractivity contribution is 6.08. The second-order valence-corrected chi connectivity index (χ2v) is 6.04. The number of nitrogens with one attached hydrogen (secondary N) is 1. The molecule has 0 radical (unpaired) electrons. The van der Waals surface area contributed by atoms with Gasteiger partial charge in [-0.25, -0.2) is 0 Å². The molecule has 0 amide bonds. The first-order valence-electron chi connectivity index (χ1n) is 7.60. The van der Waals surface area contributed by atoms with Gasteiger partial charge in [0.25, 0.3) is 0 Å². The summed E-state index contributed by atoms with van der Waals surface area (Å²) in [6, 6.07) is 20.3. The van der Waals surface area contributed by atoms with E-state index in [9.17, 15) is 0 Å². The molecule has 1 heteroatoms. The van der Waals surface area contributed by atoms with E-state index >= 15 is 0 Å². The van der Waals surface area contributed by atoms with Crippen molar-refractivity contribution in [2.75, 3.05) is 6.54 Å². The first-order valence-corrected chi connectivity index (χ1v) is 7.60. The third kappa shape index (κ3) is 2.24. The Morgan fingerprint density at radius 1 is 0.952 bits per heavy atom. The van der Waals surface area contributed by atoms with Crippen LogP contribution >= 0.6 is 0 Å². The molecule has 1 saturated heterocycles. The lowest BCUT2D eigenvalue weighted by Gasteiger charge is -2.14. The minimum Gasteiger partial charge on any atom is -0.310 e. The molecule has 1 unspecified atom stereocenters. The van der Waals surface area contributed by atoms with Gasteiger partial charge in [0.2, 0.25) is 0 Å². The normalized spacial score (nSPS) is 18.7. The van der Waals surface area contributed by atoms with Crippen LogP contribution < -0.4 is 5.32 Å². The van der Waals surface area contributed by atoms with E-state index < -0.39 is 0 Å². The molecule has 1 aliphatic rings. The number of hydrogen-bond donors (Lipinski definition) is 1. The first-order chi connectivity index (χ1) is 10.3. The molecule has 0 aromatic heterocycles. The van der Waals surface area contributed by atoms with Crippen LogP contribution in [-0.2, 0) is 6.42 Å². The van der Waals surface area contributed by atoms with Crippen molar-refractivity contribution in [3.05, 3.63) is 72.3 Å². The second-order valence-electron chi connectivity index (χ2n) is 6.04. The predicted octanol–water partition coefficient (Wildman–Crippen LogP) is 4.45. The Kier molecular flexibility index (Phi) is 3.01. The van der Waals surface area contributed by atoms with E-state index in [4.69, 9.17) is 0 Å². The molecule has 0 aliphatic carbocycles.